The van der Waals surface area contributed by atoms with Gasteiger partial charge < -0.3 is 15.1 Å². The Hall–Kier alpha value is -0.820. The normalized spacial score (nSPS) is 28.5. The molecule has 0 bridgehead atoms. The molecule has 24 heavy (non-hydrogen) atoms. The predicted molar refractivity (Wildman–Crippen MR) is 85.5 cm³/mol. The van der Waals surface area contributed by atoms with Crippen LogP contribution < -0.4 is 5.32 Å². The molecule has 0 aliphatic carbocycles. The Bertz CT molecular complexity index is 421. The Labute approximate surface area is 141 Å². The van der Waals surface area contributed by atoms with Gasteiger partial charge in [-0.3, -0.25) is 4.79 Å². The van der Waals surface area contributed by atoms with Gasteiger partial charge in [-0.1, -0.05) is 0 Å². The fraction of sp³-hybridized carbons (Fsp3) is 0.941. The monoisotopic (exact) mass is 347 g/mol. The number of hydrogen-bond acceptors (Lipinski definition) is 3. The predicted octanol–water partition coefficient (Wildman–Crippen LogP) is 2.25. The van der Waals surface area contributed by atoms with E-state index in [1.165, 1.54) is 0 Å². The van der Waals surface area contributed by atoms with Crippen molar-refractivity contribution in [2.24, 2.45) is 11.8 Å². The molecule has 0 radical (unpaired) electrons. The summed E-state index contributed by atoms with van der Waals surface area (Å²) in [7, 11) is 0. The molecule has 3 aliphatic heterocycles. The lowest BCUT2D eigenvalue weighted by Gasteiger charge is -2.38. The minimum atomic E-state index is -4.04. The van der Waals surface area contributed by atoms with Gasteiger partial charge in [0.1, 0.15) is 0 Å². The van der Waals surface area contributed by atoms with Crippen LogP contribution in [0.15, 0.2) is 0 Å². The fourth-order valence-corrected chi connectivity index (χ4v) is 4.26. The average Bonchev–Trinajstić information content (AvgIpc) is 3.09. The molecule has 4 nitrogen and oxygen atoms in total. The van der Waals surface area contributed by atoms with Crippen LogP contribution in [0.4, 0.5) is 13.2 Å². The van der Waals surface area contributed by atoms with E-state index in [2.05, 4.69) is 10.2 Å². The van der Waals surface area contributed by atoms with Crippen molar-refractivity contribution in [3.05, 3.63) is 0 Å². The minimum Gasteiger partial charge on any atom is -0.341 e. The first kappa shape index (κ1) is 18.0. The lowest BCUT2D eigenvalue weighted by molar-refractivity contribution is -0.185. The van der Waals surface area contributed by atoms with Crippen LogP contribution in [-0.2, 0) is 4.79 Å². The summed E-state index contributed by atoms with van der Waals surface area (Å²) in [5.41, 5.74) is 0. The second-order valence-corrected chi connectivity index (χ2v) is 7.53. The van der Waals surface area contributed by atoms with Crippen LogP contribution in [0.25, 0.3) is 0 Å². The molecule has 0 saturated carbocycles. The van der Waals surface area contributed by atoms with Crippen molar-refractivity contribution < 1.29 is 18.0 Å². The molecule has 3 aliphatic rings. The Morgan fingerprint density at radius 1 is 1.00 bits per heavy atom. The van der Waals surface area contributed by atoms with Crippen molar-refractivity contribution in [2.45, 2.75) is 50.7 Å². The maximum atomic E-state index is 12.7. The molecule has 3 saturated heterocycles. The number of halogens is 3. The van der Waals surface area contributed by atoms with Crippen molar-refractivity contribution in [1.29, 1.82) is 0 Å². The highest BCUT2D eigenvalue weighted by molar-refractivity contribution is 5.82. The summed E-state index contributed by atoms with van der Waals surface area (Å²) in [6.07, 6.45) is 0.372. The Morgan fingerprint density at radius 3 is 2.21 bits per heavy atom. The molecule has 0 spiro atoms. The van der Waals surface area contributed by atoms with Crippen molar-refractivity contribution in [3.8, 4) is 0 Å². The molecule has 1 atom stereocenters. The SMILES string of the molecule is O=C(C1CCCN1)N1CCC(CN2CCC(C(F)(F)F)CC2)CC1. The van der Waals surface area contributed by atoms with Crippen molar-refractivity contribution in [1.82, 2.24) is 15.1 Å². The van der Waals surface area contributed by atoms with Crippen LogP contribution in [0.1, 0.15) is 38.5 Å². The first-order valence-electron chi connectivity index (χ1n) is 9.24. The topological polar surface area (TPSA) is 35.6 Å². The fourth-order valence-electron chi connectivity index (χ4n) is 4.26. The number of amides is 1. The molecule has 3 fully saturated rings. The number of alkyl halides is 3. The molecule has 3 heterocycles. The molecule has 0 aromatic heterocycles. The summed E-state index contributed by atoms with van der Waals surface area (Å²) in [5.74, 6) is -0.378. The van der Waals surface area contributed by atoms with E-state index >= 15 is 0 Å². The molecule has 138 valence electrons. The van der Waals surface area contributed by atoms with Gasteiger partial charge in [-0.15, -0.1) is 0 Å². The zero-order chi connectivity index (χ0) is 17.2. The second kappa shape index (κ2) is 7.60. The first-order valence-corrected chi connectivity index (χ1v) is 9.24. The van der Waals surface area contributed by atoms with Gasteiger partial charge in [0.15, 0.2) is 0 Å². The average molecular weight is 347 g/mol. The Kier molecular flexibility index (Phi) is 5.70. The van der Waals surface area contributed by atoms with Crippen LogP contribution >= 0.6 is 0 Å². The van der Waals surface area contributed by atoms with Gasteiger partial charge in [-0.2, -0.15) is 13.2 Å². The number of carbonyl (C=O) groups excluding carboxylic acids is 1. The summed E-state index contributed by atoms with van der Waals surface area (Å²) < 4.78 is 38.1. The van der Waals surface area contributed by atoms with Crippen molar-refractivity contribution in [3.63, 3.8) is 0 Å². The van der Waals surface area contributed by atoms with Gasteiger partial charge in [0.25, 0.3) is 0 Å². The van der Waals surface area contributed by atoms with E-state index in [4.69, 9.17) is 0 Å². The quantitative estimate of drug-likeness (QED) is 0.851. The van der Waals surface area contributed by atoms with Gasteiger partial charge in [0, 0.05) is 19.6 Å². The first-order chi connectivity index (χ1) is 11.4. The third-order valence-electron chi connectivity index (χ3n) is 5.85. The minimum absolute atomic E-state index is 0.00273. The summed E-state index contributed by atoms with van der Waals surface area (Å²) in [4.78, 5) is 16.5. The van der Waals surface area contributed by atoms with E-state index in [-0.39, 0.29) is 24.8 Å². The van der Waals surface area contributed by atoms with Gasteiger partial charge in [-0.25, -0.2) is 0 Å². The van der Waals surface area contributed by atoms with Crippen molar-refractivity contribution >= 4 is 5.91 Å². The maximum absolute atomic E-state index is 12.7. The molecular formula is C17H28F3N3O. The number of nitrogens with one attached hydrogen (secondary N) is 1. The third-order valence-corrected chi connectivity index (χ3v) is 5.85. The van der Waals surface area contributed by atoms with Crippen LogP contribution in [0.5, 0.6) is 0 Å². The lowest BCUT2D eigenvalue weighted by atomic mass is 9.92. The van der Waals surface area contributed by atoms with Gasteiger partial charge >= 0.3 is 6.18 Å². The smallest absolute Gasteiger partial charge is 0.341 e. The lowest BCUT2D eigenvalue weighted by Crippen LogP contribution is -2.48. The highest BCUT2D eigenvalue weighted by atomic mass is 19.4. The number of carbonyl (C=O) groups is 1. The summed E-state index contributed by atoms with van der Waals surface area (Å²) in [6, 6.07) is 0.00273. The van der Waals surface area contributed by atoms with Gasteiger partial charge in [0.2, 0.25) is 5.91 Å². The third kappa shape index (κ3) is 4.42. The Morgan fingerprint density at radius 2 is 1.67 bits per heavy atom. The Balaban J connectivity index is 1.38. The van der Waals surface area contributed by atoms with Gasteiger partial charge in [-0.05, 0) is 64.1 Å². The molecule has 0 aromatic carbocycles. The van der Waals surface area contributed by atoms with Crippen molar-refractivity contribution in [2.75, 3.05) is 39.3 Å². The molecule has 7 heteroatoms. The summed E-state index contributed by atoms with van der Waals surface area (Å²) >= 11 is 0. The molecule has 1 amide bonds. The maximum Gasteiger partial charge on any atom is 0.391 e. The largest absolute Gasteiger partial charge is 0.391 e. The number of nitrogens with zero attached hydrogens (tertiary/aromatic N) is 2. The summed E-state index contributed by atoms with van der Waals surface area (Å²) in [5, 5.41) is 3.26. The molecule has 3 rings (SSSR count). The summed E-state index contributed by atoms with van der Waals surface area (Å²) in [6.45, 7) is 4.50. The second-order valence-electron chi connectivity index (χ2n) is 7.53. The number of likely N-dealkylation sites (tertiary alicyclic amines) is 2. The molecule has 1 N–H and O–H groups in total. The number of hydrogen-bond donors (Lipinski definition) is 1. The van der Waals surface area contributed by atoms with Crippen LogP contribution in [0.3, 0.4) is 0 Å². The number of piperidine rings is 2. The van der Waals surface area contributed by atoms with Crippen LogP contribution in [-0.4, -0.2) is 67.2 Å². The molecule has 0 aromatic rings. The zero-order valence-corrected chi connectivity index (χ0v) is 14.2. The van der Waals surface area contributed by atoms with E-state index in [9.17, 15) is 18.0 Å². The van der Waals surface area contributed by atoms with E-state index in [0.717, 1.165) is 51.9 Å². The van der Waals surface area contributed by atoms with E-state index in [1.807, 2.05) is 4.90 Å². The van der Waals surface area contributed by atoms with Crippen LogP contribution in [0, 0.1) is 11.8 Å². The molecule has 1 unspecified atom stereocenters. The molecular weight excluding hydrogens is 319 g/mol. The van der Waals surface area contributed by atoms with Gasteiger partial charge in [0.05, 0.1) is 12.0 Å². The highest BCUT2D eigenvalue weighted by Gasteiger charge is 2.41. The standard InChI is InChI=1S/C17H28F3N3O/c18-17(19,20)14-5-8-22(9-6-14)12-13-3-10-23(11-4-13)16(24)15-2-1-7-21-15/h13-15,21H,1-12H2. The highest BCUT2D eigenvalue weighted by Crippen LogP contribution is 2.34. The van der Waals surface area contributed by atoms with Crippen LogP contribution in [0.2, 0.25) is 0 Å². The zero-order valence-electron chi connectivity index (χ0n) is 14.2. The number of rotatable bonds is 3. The van der Waals surface area contributed by atoms with E-state index in [0.29, 0.717) is 19.0 Å². The van der Waals surface area contributed by atoms with E-state index in [1.54, 1.807) is 0 Å². The van der Waals surface area contributed by atoms with E-state index < -0.39 is 12.1 Å².